The summed E-state index contributed by atoms with van der Waals surface area (Å²) in [6.45, 7) is 5.53. The molecule has 0 fully saturated rings. The smallest absolute Gasteiger partial charge is 0.119 e. The summed E-state index contributed by atoms with van der Waals surface area (Å²) in [5.41, 5.74) is 4.18. The van der Waals surface area contributed by atoms with E-state index >= 15 is 0 Å². The molecule has 2 aromatic rings. The number of hydrogen-bond acceptors (Lipinski definition) is 2. The summed E-state index contributed by atoms with van der Waals surface area (Å²) >= 11 is 0. The lowest BCUT2D eigenvalue weighted by Crippen LogP contribution is -2.27. The van der Waals surface area contributed by atoms with Crippen LogP contribution in [0.5, 0.6) is 5.75 Å². The van der Waals surface area contributed by atoms with Crippen LogP contribution in [0.15, 0.2) is 54.6 Å². The molecular weight excluding hydrogens is 282 g/mol. The van der Waals surface area contributed by atoms with Crippen molar-refractivity contribution < 1.29 is 4.74 Å². The normalized spacial score (nSPS) is 18.6. The molecule has 0 saturated heterocycles. The molecule has 0 spiro atoms. The number of rotatable bonds is 4. The van der Waals surface area contributed by atoms with Crippen LogP contribution in [0, 0.1) is 0 Å². The van der Waals surface area contributed by atoms with Gasteiger partial charge in [-0.05, 0) is 41.2 Å². The van der Waals surface area contributed by atoms with E-state index in [1.54, 1.807) is 7.11 Å². The molecular formula is C21H25NO. The predicted molar refractivity (Wildman–Crippen MR) is 97.0 cm³/mol. The minimum absolute atomic E-state index is 0.535. The van der Waals surface area contributed by atoms with Gasteiger partial charge in [0.15, 0.2) is 0 Å². The van der Waals surface area contributed by atoms with Gasteiger partial charge in [0.25, 0.3) is 0 Å². The highest BCUT2D eigenvalue weighted by Gasteiger charge is 2.19. The molecule has 2 nitrogen and oxygen atoms in total. The number of hydrogen-bond donors (Lipinski definition) is 0. The molecule has 0 radical (unpaired) electrons. The minimum Gasteiger partial charge on any atom is -0.497 e. The molecule has 3 rings (SSSR count). The Kier molecular flexibility index (Phi) is 5.14. The minimum atomic E-state index is 0.535. The maximum Gasteiger partial charge on any atom is 0.119 e. The van der Waals surface area contributed by atoms with Crippen molar-refractivity contribution in [2.75, 3.05) is 26.7 Å². The van der Waals surface area contributed by atoms with E-state index in [2.05, 4.69) is 72.5 Å². The largest absolute Gasteiger partial charge is 0.497 e. The van der Waals surface area contributed by atoms with E-state index in [0.29, 0.717) is 5.92 Å². The molecule has 2 aromatic carbocycles. The molecule has 2 heteroatoms. The van der Waals surface area contributed by atoms with Crippen LogP contribution >= 0.6 is 0 Å². The van der Waals surface area contributed by atoms with Gasteiger partial charge in [-0.3, -0.25) is 4.90 Å². The van der Waals surface area contributed by atoms with Gasteiger partial charge in [-0.1, -0.05) is 55.5 Å². The molecule has 1 atom stereocenters. The van der Waals surface area contributed by atoms with E-state index < -0.39 is 0 Å². The van der Waals surface area contributed by atoms with Gasteiger partial charge >= 0.3 is 0 Å². The third-order valence-electron chi connectivity index (χ3n) is 4.59. The molecule has 1 unspecified atom stereocenters. The van der Waals surface area contributed by atoms with Crippen molar-refractivity contribution in [3.05, 3.63) is 71.3 Å². The van der Waals surface area contributed by atoms with Crippen LogP contribution in [0.25, 0.3) is 6.08 Å². The second-order valence-corrected chi connectivity index (χ2v) is 6.29. The number of benzene rings is 2. The summed E-state index contributed by atoms with van der Waals surface area (Å²) in [6.07, 6.45) is 5.60. The maximum atomic E-state index is 5.39. The maximum absolute atomic E-state index is 5.39. The van der Waals surface area contributed by atoms with Crippen molar-refractivity contribution in [1.82, 2.24) is 4.90 Å². The van der Waals surface area contributed by atoms with E-state index in [4.69, 9.17) is 4.74 Å². The van der Waals surface area contributed by atoms with Gasteiger partial charge in [0.05, 0.1) is 7.11 Å². The van der Waals surface area contributed by atoms with Crippen LogP contribution < -0.4 is 4.74 Å². The second kappa shape index (κ2) is 7.47. The Morgan fingerprint density at radius 3 is 2.78 bits per heavy atom. The highest BCUT2D eigenvalue weighted by molar-refractivity contribution is 5.48. The first-order valence-electron chi connectivity index (χ1n) is 8.37. The average Bonchev–Trinajstić information content (AvgIpc) is 2.75. The van der Waals surface area contributed by atoms with Crippen molar-refractivity contribution in [3.8, 4) is 5.75 Å². The van der Waals surface area contributed by atoms with Gasteiger partial charge in [0.2, 0.25) is 0 Å². The summed E-state index contributed by atoms with van der Waals surface area (Å²) in [5, 5.41) is 0. The molecule has 0 bridgehead atoms. The van der Waals surface area contributed by atoms with Gasteiger partial charge in [-0.15, -0.1) is 0 Å². The molecule has 120 valence electrons. The highest BCUT2D eigenvalue weighted by Crippen LogP contribution is 2.28. The van der Waals surface area contributed by atoms with Crippen LogP contribution in [0.4, 0.5) is 0 Å². The molecule has 1 aliphatic rings. The average molecular weight is 307 g/mol. The fraction of sp³-hybridized carbons (Fsp3) is 0.333. The topological polar surface area (TPSA) is 12.5 Å². The lowest BCUT2D eigenvalue weighted by Gasteiger charge is -2.21. The standard InChI is InChI=1S/C21H25NO/c1-17-16-22(13-6-9-18-7-4-3-5-8-18)14-12-19-10-11-20(23-2)15-21(17)19/h3-11,15,17H,12-14,16H2,1-2H3. The summed E-state index contributed by atoms with van der Waals surface area (Å²) in [5.74, 6) is 1.50. The van der Waals surface area contributed by atoms with E-state index in [1.165, 1.54) is 16.7 Å². The zero-order valence-electron chi connectivity index (χ0n) is 14.0. The third kappa shape index (κ3) is 4.02. The molecule has 1 aliphatic heterocycles. The van der Waals surface area contributed by atoms with E-state index in [9.17, 15) is 0 Å². The van der Waals surface area contributed by atoms with Crippen LogP contribution in [-0.2, 0) is 6.42 Å². The molecule has 0 amide bonds. The van der Waals surface area contributed by atoms with Crippen molar-refractivity contribution in [2.45, 2.75) is 19.3 Å². The van der Waals surface area contributed by atoms with Crippen LogP contribution in [-0.4, -0.2) is 31.6 Å². The Morgan fingerprint density at radius 1 is 1.17 bits per heavy atom. The Morgan fingerprint density at radius 2 is 2.00 bits per heavy atom. The zero-order valence-corrected chi connectivity index (χ0v) is 14.0. The van der Waals surface area contributed by atoms with Gasteiger partial charge in [-0.2, -0.15) is 0 Å². The van der Waals surface area contributed by atoms with E-state index in [-0.39, 0.29) is 0 Å². The Labute approximate surface area is 139 Å². The first kappa shape index (κ1) is 15.8. The molecule has 23 heavy (non-hydrogen) atoms. The predicted octanol–water partition coefficient (Wildman–Crippen LogP) is 4.37. The Balaban J connectivity index is 1.65. The number of fused-ring (bicyclic) bond motifs is 1. The summed E-state index contributed by atoms with van der Waals surface area (Å²) in [7, 11) is 1.74. The van der Waals surface area contributed by atoms with Crippen molar-refractivity contribution in [3.63, 3.8) is 0 Å². The molecule has 1 heterocycles. The lowest BCUT2D eigenvalue weighted by molar-refractivity contribution is 0.301. The number of methoxy groups -OCH3 is 1. The third-order valence-corrected chi connectivity index (χ3v) is 4.59. The monoisotopic (exact) mass is 307 g/mol. The first-order chi connectivity index (χ1) is 11.3. The number of ether oxygens (including phenoxy) is 1. The molecule has 0 aliphatic carbocycles. The SMILES string of the molecule is COc1ccc2c(c1)C(C)CN(CC=Cc1ccccc1)CC2. The first-order valence-corrected chi connectivity index (χ1v) is 8.37. The zero-order chi connectivity index (χ0) is 16.1. The van der Waals surface area contributed by atoms with Gasteiger partial charge in [0.1, 0.15) is 5.75 Å². The summed E-state index contributed by atoms with van der Waals surface area (Å²) in [4.78, 5) is 2.54. The fourth-order valence-corrected chi connectivity index (χ4v) is 3.31. The second-order valence-electron chi connectivity index (χ2n) is 6.29. The van der Waals surface area contributed by atoms with Gasteiger partial charge in [-0.25, -0.2) is 0 Å². The van der Waals surface area contributed by atoms with Crippen LogP contribution in [0.2, 0.25) is 0 Å². The van der Waals surface area contributed by atoms with Crippen LogP contribution in [0.3, 0.4) is 0 Å². The van der Waals surface area contributed by atoms with Crippen molar-refractivity contribution in [1.29, 1.82) is 0 Å². The molecule has 0 saturated carbocycles. The molecule has 0 N–H and O–H groups in total. The van der Waals surface area contributed by atoms with Crippen molar-refractivity contribution >= 4 is 6.08 Å². The van der Waals surface area contributed by atoms with Crippen LogP contribution in [0.1, 0.15) is 29.5 Å². The van der Waals surface area contributed by atoms with E-state index in [1.807, 2.05) is 0 Å². The fourth-order valence-electron chi connectivity index (χ4n) is 3.31. The number of nitrogens with zero attached hydrogens (tertiary/aromatic N) is 1. The summed E-state index contributed by atoms with van der Waals surface area (Å²) < 4.78 is 5.39. The Hall–Kier alpha value is -2.06. The quantitative estimate of drug-likeness (QED) is 0.831. The summed E-state index contributed by atoms with van der Waals surface area (Å²) in [6, 6.07) is 17.0. The van der Waals surface area contributed by atoms with Crippen molar-refractivity contribution in [2.24, 2.45) is 0 Å². The highest BCUT2D eigenvalue weighted by atomic mass is 16.5. The molecule has 0 aromatic heterocycles. The van der Waals surface area contributed by atoms with E-state index in [0.717, 1.165) is 31.8 Å². The van der Waals surface area contributed by atoms with Gasteiger partial charge < -0.3 is 4.74 Å². The Bertz CT molecular complexity index is 663. The lowest BCUT2D eigenvalue weighted by atomic mass is 9.95. The van der Waals surface area contributed by atoms with Gasteiger partial charge in [0, 0.05) is 19.6 Å².